The minimum absolute atomic E-state index is 0.00709. The third kappa shape index (κ3) is 4.98. The standard InChI is InChI=1S/C31H29FN6O/c1-31(2,3)15-27(39)34-20-13-19(16-33-17-20)18-11-12-25-23(14-18)29(38-37-25)30-35-26-10-6-8-22(28(26)36-30)21-7-4-5-9-24(21)32/h4-14,16-17,27,34,39H,15H2,1-3H3,(H,35,36)(H,37,38). The normalized spacial score (nSPS) is 12.7. The SMILES string of the molecule is CC(C)(C)CC(O)Nc1cncc(-c2ccc3[nH]nc(-c4nc5c(-c6ccccc6F)cccc5[nH]4)c3c2)c1. The van der Waals surface area contributed by atoms with Crippen molar-refractivity contribution in [3.8, 4) is 33.8 Å². The molecule has 0 saturated carbocycles. The largest absolute Gasteiger partial charge is 0.374 e. The molecule has 0 fully saturated rings. The number of aromatic amines is 2. The molecule has 3 heterocycles. The third-order valence-electron chi connectivity index (χ3n) is 6.67. The molecule has 3 aromatic heterocycles. The van der Waals surface area contributed by atoms with Crippen LogP contribution in [0.4, 0.5) is 10.1 Å². The Labute approximate surface area is 225 Å². The quantitative estimate of drug-likeness (QED) is 0.175. The first kappa shape index (κ1) is 24.8. The number of hydrogen-bond donors (Lipinski definition) is 4. The lowest BCUT2D eigenvalue weighted by Crippen LogP contribution is -2.25. The molecule has 6 rings (SSSR count). The lowest BCUT2D eigenvalue weighted by molar-refractivity contribution is 0.145. The Balaban J connectivity index is 1.37. The van der Waals surface area contributed by atoms with E-state index < -0.39 is 6.23 Å². The lowest BCUT2D eigenvalue weighted by atomic mass is 9.91. The van der Waals surface area contributed by atoms with E-state index in [1.54, 1.807) is 24.5 Å². The molecule has 39 heavy (non-hydrogen) atoms. The molecule has 7 nitrogen and oxygen atoms in total. The first-order valence-corrected chi connectivity index (χ1v) is 12.9. The second-order valence-electron chi connectivity index (χ2n) is 11.0. The average Bonchev–Trinajstić information content (AvgIpc) is 3.51. The number of H-pyrrole nitrogens is 2. The maximum Gasteiger partial charge on any atom is 0.159 e. The molecule has 3 aromatic carbocycles. The van der Waals surface area contributed by atoms with Gasteiger partial charge in [0.2, 0.25) is 0 Å². The zero-order chi connectivity index (χ0) is 27.1. The van der Waals surface area contributed by atoms with Gasteiger partial charge in [0.25, 0.3) is 0 Å². The van der Waals surface area contributed by atoms with Gasteiger partial charge in [-0.1, -0.05) is 57.2 Å². The summed E-state index contributed by atoms with van der Waals surface area (Å²) < 4.78 is 14.6. The molecular weight excluding hydrogens is 491 g/mol. The van der Waals surface area contributed by atoms with Crippen LogP contribution in [0, 0.1) is 11.2 Å². The van der Waals surface area contributed by atoms with Gasteiger partial charge in [-0.3, -0.25) is 10.1 Å². The number of para-hydroxylation sites is 1. The molecule has 0 radical (unpaired) electrons. The second-order valence-corrected chi connectivity index (χ2v) is 11.0. The van der Waals surface area contributed by atoms with Crippen LogP contribution >= 0.6 is 0 Å². The molecule has 1 atom stereocenters. The number of aromatic nitrogens is 5. The van der Waals surface area contributed by atoms with Crippen molar-refractivity contribution in [1.82, 2.24) is 25.1 Å². The smallest absolute Gasteiger partial charge is 0.159 e. The Morgan fingerprint density at radius 3 is 2.56 bits per heavy atom. The van der Waals surface area contributed by atoms with Gasteiger partial charge in [0, 0.05) is 28.3 Å². The van der Waals surface area contributed by atoms with Crippen molar-refractivity contribution >= 4 is 27.6 Å². The van der Waals surface area contributed by atoms with Crippen LogP contribution in [-0.2, 0) is 0 Å². The summed E-state index contributed by atoms with van der Waals surface area (Å²) in [5.41, 5.74) is 6.84. The zero-order valence-electron chi connectivity index (χ0n) is 22.0. The number of hydrogen-bond acceptors (Lipinski definition) is 5. The molecule has 0 aliphatic carbocycles. The fourth-order valence-corrected chi connectivity index (χ4v) is 4.92. The number of fused-ring (bicyclic) bond motifs is 2. The maximum atomic E-state index is 14.6. The van der Waals surface area contributed by atoms with Crippen molar-refractivity contribution < 1.29 is 9.50 Å². The summed E-state index contributed by atoms with van der Waals surface area (Å²) in [5, 5.41) is 22.1. The zero-order valence-corrected chi connectivity index (χ0v) is 22.0. The lowest BCUT2D eigenvalue weighted by Gasteiger charge is -2.23. The number of nitrogens with zero attached hydrogens (tertiary/aromatic N) is 3. The van der Waals surface area contributed by atoms with E-state index in [2.05, 4.69) is 46.3 Å². The first-order chi connectivity index (χ1) is 18.7. The fraction of sp³-hybridized carbons (Fsp3) is 0.194. The van der Waals surface area contributed by atoms with Gasteiger partial charge in [0.1, 0.15) is 17.7 Å². The van der Waals surface area contributed by atoms with Gasteiger partial charge in [-0.2, -0.15) is 5.10 Å². The Hall–Kier alpha value is -4.56. The van der Waals surface area contributed by atoms with Gasteiger partial charge in [-0.15, -0.1) is 0 Å². The number of halogens is 1. The molecule has 0 aliphatic rings. The Bertz CT molecular complexity index is 1800. The van der Waals surface area contributed by atoms with Gasteiger partial charge in [-0.05, 0) is 47.7 Å². The fourth-order valence-electron chi connectivity index (χ4n) is 4.92. The van der Waals surface area contributed by atoms with Crippen LogP contribution in [0.15, 0.2) is 79.1 Å². The van der Waals surface area contributed by atoms with Crippen LogP contribution in [0.25, 0.3) is 55.7 Å². The average molecular weight is 521 g/mol. The first-order valence-electron chi connectivity index (χ1n) is 12.9. The van der Waals surface area contributed by atoms with Crippen molar-refractivity contribution in [2.24, 2.45) is 5.41 Å². The van der Waals surface area contributed by atoms with Gasteiger partial charge in [-0.25, -0.2) is 9.37 Å². The minimum Gasteiger partial charge on any atom is -0.374 e. The highest BCUT2D eigenvalue weighted by Gasteiger charge is 2.18. The molecule has 1 unspecified atom stereocenters. The minimum atomic E-state index is -0.674. The third-order valence-corrected chi connectivity index (χ3v) is 6.67. The molecule has 8 heteroatoms. The summed E-state index contributed by atoms with van der Waals surface area (Å²) in [7, 11) is 0. The second kappa shape index (κ2) is 9.63. The summed E-state index contributed by atoms with van der Waals surface area (Å²) in [5.74, 6) is 0.302. The highest BCUT2D eigenvalue weighted by molar-refractivity contribution is 5.98. The number of rotatable bonds is 6. The monoisotopic (exact) mass is 520 g/mol. The van der Waals surface area contributed by atoms with Gasteiger partial charge >= 0.3 is 0 Å². The van der Waals surface area contributed by atoms with Crippen LogP contribution in [0.2, 0.25) is 0 Å². The molecule has 0 aliphatic heterocycles. The van der Waals surface area contributed by atoms with Crippen molar-refractivity contribution in [2.75, 3.05) is 5.32 Å². The van der Waals surface area contributed by atoms with Crippen LogP contribution < -0.4 is 5.32 Å². The molecular formula is C31H29FN6O. The Kier molecular flexibility index (Phi) is 6.12. The summed E-state index contributed by atoms with van der Waals surface area (Å²) in [6.07, 6.45) is 3.44. The predicted molar refractivity (Wildman–Crippen MR) is 154 cm³/mol. The maximum absolute atomic E-state index is 14.6. The molecule has 0 spiro atoms. The van der Waals surface area contributed by atoms with Gasteiger partial charge in [0.05, 0.1) is 28.4 Å². The molecule has 0 bridgehead atoms. The summed E-state index contributed by atoms with van der Waals surface area (Å²) in [6, 6.07) is 20.4. The highest BCUT2D eigenvalue weighted by Crippen LogP contribution is 2.34. The summed E-state index contributed by atoms with van der Waals surface area (Å²) >= 11 is 0. The van der Waals surface area contributed by atoms with E-state index in [9.17, 15) is 9.50 Å². The molecule has 196 valence electrons. The molecule has 0 amide bonds. The van der Waals surface area contributed by atoms with Crippen molar-refractivity contribution in [2.45, 2.75) is 33.4 Å². The van der Waals surface area contributed by atoms with E-state index in [1.807, 2.05) is 48.5 Å². The van der Waals surface area contributed by atoms with Crippen molar-refractivity contribution in [3.63, 3.8) is 0 Å². The van der Waals surface area contributed by atoms with Crippen LogP contribution in [0.3, 0.4) is 0 Å². The molecule has 4 N–H and O–H groups in total. The van der Waals surface area contributed by atoms with Crippen LogP contribution in [0.5, 0.6) is 0 Å². The van der Waals surface area contributed by atoms with E-state index in [0.29, 0.717) is 29.0 Å². The number of pyridine rings is 1. The number of anilines is 1. The van der Waals surface area contributed by atoms with E-state index in [4.69, 9.17) is 4.98 Å². The highest BCUT2D eigenvalue weighted by atomic mass is 19.1. The number of nitrogens with one attached hydrogen (secondary N) is 3. The number of aliphatic hydroxyl groups is 1. The van der Waals surface area contributed by atoms with Gasteiger partial charge < -0.3 is 15.4 Å². The topological polar surface area (TPSA) is 103 Å². The predicted octanol–water partition coefficient (Wildman–Crippen LogP) is 7.14. The Morgan fingerprint density at radius 2 is 1.74 bits per heavy atom. The van der Waals surface area contributed by atoms with E-state index >= 15 is 0 Å². The number of benzene rings is 3. The number of aliphatic hydroxyl groups excluding tert-OH is 1. The van der Waals surface area contributed by atoms with Crippen LogP contribution in [-0.4, -0.2) is 36.5 Å². The van der Waals surface area contributed by atoms with Crippen LogP contribution in [0.1, 0.15) is 27.2 Å². The van der Waals surface area contributed by atoms with Crippen molar-refractivity contribution in [1.29, 1.82) is 0 Å². The summed E-state index contributed by atoms with van der Waals surface area (Å²) in [6.45, 7) is 6.27. The Morgan fingerprint density at radius 1 is 0.923 bits per heavy atom. The van der Waals surface area contributed by atoms with Crippen molar-refractivity contribution in [3.05, 3.63) is 84.9 Å². The molecule has 0 saturated heterocycles. The van der Waals surface area contributed by atoms with E-state index in [0.717, 1.165) is 38.8 Å². The van der Waals surface area contributed by atoms with E-state index in [-0.39, 0.29) is 11.2 Å². The number of imidazole rings is 1. The molecule has 6 aromatic rings. The van der Waals surface area contributed by atoms with E-state index in [1.165, 1.54) is 6.07 Å². The van der Waals surface area contributed by atoms with Gasteiger partial charge in [0.15, 0.2) is 5.82 Å². The summed E-state index contributed by atoms with van der Waals surface area (Å²) in [4.78, 5) is 12.6.